The van der Waals surface area contributed by atoms with Crippen molar-refractivity contribution >= 4 is 11.8 Å². The molecule has 100 valence electrons. The molecule has 1 fully saturated rings. The lowest BCUT2D eigenvalue weighted by Gasteiger charge is -2.26. The Morgan fingerprint density at radius 1 is 1.50 bits per heavy atom. The van der Waals surface area contributed by atoms with E-state index in [1.165, 1.54) is 0 Å². The number of anilines is 1. The van der Waals surface area contributed by atoms with Crippen LogP contribution in [0.15, 0.2) is 0 Å². The zero-order valence-electron chi connectivity index (χ0n) is 9.58. The number of aryl methyl sites for hydroxylation is 1. The van der Waals surface area contributed by atoms with Gasteiger partial charge < -0.3 is 10.4 Å². The second-order valence-corrected chi connectivity index (χ2v) is 4.27. The van der Waals surface area contributed by atoms with Crippen molar-refractivity contribution in [1.82, 2.24) is 9.78 Å². The Labute approximate surface area is 101 Å². The van der Waals surface area contributed by atoms with Crippen LogP contribution in [0.3, 0.4) is 0 Å². The first-order valence-electron chi connectivity index (χ1n) is 5.44. The third-order valence-electron chi connectivity index (χ3n) is 2.98. The van der Waals surface area contributed by atoms with Gasteiger partial charge in [-0.3, -0.25) is 4.68 Å². The Hall–Kier alpha value is -1.73. The molecule has 0 radical (unpaired) electrons. The molecule has 0 aliphatic heterocycles. The average Bonchev–Trinajstić information content (AvgIpc) is 2.48. The molecule has 1 aromatic rings. The summed E-state index contributed by atoms with van der Waals surface area (Å²) in [5, 5.41) is 15.3. The first-order chi connectivity index (χ1) is 8.30. The van der Waals surface area contributed by atoms with Crippen molar-refractivity contribution in [2.45, 2.75) is 31.5 Å². The molecule has 0 saturated heterocycles. The van der Waals surface area contributed by atoms with Crippen LogP contribution in [0.4, 0.5) is 19.0 Å². The van der Waals surface area contributed by atoms with Crippen LogP contribution in [0.2, 0.25) is 0 Å². The van der Waals surface area contributed by atoms with Gasteiger partial charge in [0.1, 0.15) is 5.56 Å². The number of alkyl halides is 3. The Morgan fingerprint density at radius 2 is 2.11 bits per heavy atom. The van der Waals surface area contributed by atoms with Gasteiger partial charge in [0.15, 0.2) is 11.5 Å². The third kappa shape index (κ3) is 2.14. The summed E-state index contributed by atoms with van der Waals surface area (Å²) in [4.78, 5) is 11.0. The van der Waals surface area contributed by atoms with Gasteiger partial charge in [-0.15, -0.1) is 0 Å². The van der Waals surface area contributed by atoms with E-state index >= 15 is 0 Å². The summed E-state index contributed by atoms with van der Waals surface area (Å²) >= 11 is 0. The van der Waals surface area contributed by atoms with Gasteiger partial charge in [-0.1, -0.05) is 0 Å². The molecule has 1 aromatic heterocycles. The molecular weight excluding hydrogens is 251 g/mol. The molecule has 2 rings (SSSR count). The highest BCUT2D eigenvalue weighted by molar-refractivity contribution is 5.95. The predicted octanol–water partition coefficient (Wildman–Crippen LogP) is 2.10. The Morgan fingerprint density at radius 3 is 2.50 bits per heavy atom. The largest absolute Gasteiger partial charge is 0.477 e. The zero-order valence-corrected chi connectivity index (χ0v) is 9.58. The molecule has 0 amide bonds. The van der Waals surface area contributed by atoms with Gasteiger partial charge in [0.2, 0.25) is 0 Å². The molecule has 18 heavy (non-hydrogen) atoms. The van der Waals surface area contributed by atoms with Crippen molar-refractivity contribution in [3.05, 3.63) is 11.3 Å². The van der Waals surface area contributed by atoms with Crippen LogP contribution in [0.1, 0.15) is 35.3 Å². The van der Waals surface area contributed by atoms with E-state index in [1.807, 2.05) is 0 Å². The summed E-state index contributed by atoms with van der Waals surface area (Å²) in [6.07, 6.45) is -2.12. The van der Waals surface area contributed by atoms with Crippen molar-refractivity contribution in [2.75, 3.05) is 5.32 Å². The number of carboxylic acids is 1. The highest BCUT2D eigenvalue weighted by Crippen LogP contribution is 2.35. The van der Waals surface area contributed by atoms with Gasteiger partial charge in [-0.05, 0) is 19.3 Å². The zero-order chi connectivity index (χ0) is 13.5. The van der Waals surface area contributed by atoms with E-state index < -0.39 is 23.4 Å². The fraction of sp³-hybridized carbons (Fsp3) is 0.600. The van der Waals surface area contributed by atoms with E-state index in [0.29, 0.717) is 4.68 Å². The molecule has 1 saturated carbocycles. The van der Waals surface area contributed by atoms with E-state index in [2.05, 4.69) is 10.4 Å². The average molecular weight is 263 g/mol. The first kappa shape index (κ1) is 12.7. The number of carbonyl (C=O) groups is 1. The summed E-state index contributed by atoms with van der Waals surface area (Å²) in [6, 6.07) is 0.0130. The minimum absolute atomic E-state index is 0.0130. The lowest BCUT2D eigenvalue weighted by Crippen LogP contribution is -2.28. The van der Waals surface area contributed by atoms with Crippen molar-refractivity contribution in [3.63, 3.8) is 0 Å². The number of aromatic carboxylic acids is 1. The lowest BCUT2D eigenvalue weighted by molar-refractivity contribution is -0.144. The molecule has 2 N–H and O–H groups in total. The maximum Gasteiger partial charge on any atom is 0.433 e. The molecule has 1 aliphatic carbocycles. The van der Waals surface area contributed by atoms with Crippen molar-refractivity contribution < 1.29 is 23.1 Å². The summed E-state index contributed by atoms with van der Waals surface area (Å²) in [5.41, 5.74) is -2.05. The molecular formula is C10H12F3N3O2. The molecule has 0 atom stereocenters. The van der Waals surface area contributed by atoms with E-state index in [9.17, 15) is 18.0 Å². The molecule has 1 aliphatic rings. The van der Waals surface area contributed by atoms with Crippen LogP contribution < -0.4 is 5.32 Å². The van der Waals surface area contributed by atoms with E-state index in [-0.39, 0.29) is 11.9 Å². The topological polar surface area (TPSA) is 67.2 Å². The van der Waals surface area contributed by atoms with Gasteiger partial charge in [0, 0.05) is 13.1 Å². The predicted molar refractivity (Wildman–Crippen MR) is 56.4 cm³/mol. The summed E-state index contributed by atoms with van der Waals surface area (Å²) in [7, 11) is 1.08. The molecule has 5 nitrogen and oxygen atoms in total. The van der Waals surface area contributed by atoms with Crippen LogP contribution in [0.25, 0.3) is 0 Å². The van der Waals surface area contributed by atoms with Crippen LogP contribution in [0.5, 0.6) is 0 Å². The molecule has 1 heterocycles. The number of hydrogen-bond donors (Lipinski definition) is 2. The second-order valence-electron chi connectivity index (χ2n) is 4.27. The van der Waals surface area contributed by atoms with Gasteiger partial charge in [-0.25, -0.2) is 4.79 Å². The summed E-state index contributed by atoms with van der Waals surface area (Å²) in [6.45, 7) is 0. The minimum atomic E-state index is -4.74. The number of carboxylic acid groups (broad SMARTS) is 1. The molecule has 0 aromatic carbocycles. The Kier molecular flexibility index (Phi) is 2.95. The van der Waals surface area contributed by atoms with Gasteiger partial charge in [-0.2, -0.15) is 18.3 Å². The van der Waals surface area contributed by atoms with E-state index in [1.54, 1.807) is 0 Å². The third-order valence-corrected chi connectivity index (χ3v) is 2.98. The summed E-state index contributed by atoms with van der Waals surface area (Å²) in [5.74, 6) is -1.83. The van der Waals surface area contributed by atoms with Crippen molar-refractivity contribution in [3.8, 4) is 0 Å². The summed E-state index contributed by atoms with van der Waals surface area (Å²) < 4.78 is 38.9. The van der Waals surface area contributed by atoms with Crippen LogP contribution >= 0.6 is 0 Å². The molecule has 0 spiro atoms. The maximum atomic E-state index is 12.8. The van der Waals surface area contributed by atoms with Crippen LogP contribution in [-0.2, 0) is 13.2 Å². The monoisotopic (exact) mass is 263 g/mol. The number of aromatic nitrogens is 2. The fourth-order valence-corrected chi connectivity index (χ4v) is 1.90. The number of nitrogens with one attached hydrogen (secondary N) is 1. The quantitative estimate of drug-likeness (QED) is 0.876. The van der Waals surface area contributed by atoms with Crippen molar-refractivity contribution in [2.24, 2.45) is 7.05 Å². The highest BCUT2D eigenvalue weighted by atomic mass is 19.4. The molecule has 0 bridgehead atoms. The van der Waals surface area contributed by atoms with Crippen molar-refractivity contribution in [1.29, 1.82) is 0 Å². The molecule has 0 unspecified atom stereocenters. The fourth-order valence-electron chi connectivity index (χ4n) is 1.90. The Balaban J connectivity index is 2.43. The van der Waals surface area contributed by atoms with E-state index in [0.717, 1.165) is 26.3 Å². The maximum absolute atomic E-state index is 12.8. The van der Waals surface area contributed by atoms with Gasteiger partial charge in [0.05, 0.1) is 0 Å². The number of hydrogen-bond acceptors (Lipinski definition) is 3. The van der Waals surface area contributed by atoms with Gasteiger partial charge in [0.25, 0.3) is 0 Å². The standard InChI is InChI=1S/C10H12F3N3O2/c1-16-7(10(11,12)13)6(9(17)18)8(15-16)14-5-3-2-4-5/h5H,2-4H2,1H3,(H,14,15)(H,17,18). The highest BCUT2D eigenvalue weighted by Gasteiger charge is 2.42. The van der Waals surface area contributed by atoms with Crippen LogP contribution in [0, 0.1) is 0 Å². The SMILES string of the molecule is Cn1nc(NC2CCC2)c(C(=O)O)c1C(F)(F)F. The minimum Gasteiger partial charge on any atom is -0.477 e. The Bertz CT molecular complexity index is 477. The number of halogens is 3. The number of rotatable bonds is 3. The van der Waals surface area contributed by atoms with Crippen LogP contribution in [-0.4, -0.2) is 26.9 Å². The number of nitrogens with zero attached hydrogens (tertiary/aromatic N) is 2. The normalized spacial score (nSPS) is 16.4. The first-order valence-corrected chi connectivity index (χ1v) is 5.44. The lowest BCUT2D eigenvalue weighted by atomic mass is 9.93. The smallest absolute Gasteiger partial charge is 0.433 e. The molecule has 8 heteroatoms. The second kappa shape index (κ2) is 4.18. The van der Waals surface area contributed by atoms with Gasteiger partial charge >= 0.3 is 12.1 Å². The van der Waals surface area contributed by atoms with E-state index in [4.69, 9.17) is 5.11 Å².